The van der Waals surface area contributed by atoms with Crippen molar-refractivity contribution in [2.75, 3.05) is 10.6 Å². The third-order valence-electron chi connectivity index (χ3n) is 4.07. The average molecular weight is 383 g/mol. The Morgan fingerprint density at radius 3 is 2.56 bits per heavy atom. The van der Waals surface area contributed by atoms with Gasteiger partial charge in [0.15, 0.2) is 11.6 Å². The molecule has 0 aliphatic rings. The van der Waals surface area contributed by atoms with Crippen LogP contribution < -0.4 is 10.6 Å². The van der Waals surface area contributed by atoms with Gasteiger partial charge in [-0.1, -0.05) is 32.9 Å². The number of aromatic nitrogens is 2. The summed E-state index contributed by atoms with van der Waals surface area (Å²) in [6, 6.07) is 8.70. The number of nitrogens with one attached hydrogen (secondary N) is 2. The van der Waals surface area contributed by atoms with E-state index < -0.39 is 0 Å². The Hall–Kier alpha value is -3.05. The lowest BCUT2D eigenvalue weighted by Gasteiger charge is -2.30. The Labute approximate surface area is 162 Å². The maximum Gasteiger partial charge on any atom is 0.230 e. The van der Waals surface area contributed by atoms with E-state index in [4.69, 9.17) is 11.0 Å². The summed E-state index contributed by atoms with van der Waals surface area (Å²) in [7, 11) is 0. The molecule has 0 amide bonds. The topological polar surface area (TPSA) is 87.6 Å². The highest BCUT2D eigenvalue weighted by molar-refractivity contribution is 6.99. The van der Waals surface area contributed by atoms with Crippen LogP contribution in [0.3, 0.4) is 0 Å². The van der Waals surface area contributed by atoms with Crippen LogP contribution in [0.5, 0.6) is 5.75 Å². The first kappa shape index (κ1) is 18.7. The van der Waals surface area contributed by atoms with Crippen molar-refractivity contribution in [3.8, 4) is 5.75 Å². The number of phenols is 1. The smallest absolute Gasteiger partial charge is 0.230 e. The van der Waals surface area contributed by atoms with E-state index in [9.17, 15) is 5.11 Å². The molecule has 3 aromatic rings. The minimum Gasteiger partial charge on any atom is -0.517 e. The van der Waals surface area contributed by atoms with Gasteiger partial charge in [-0.25, -0.2) is 4.85 Å². The predicted octanol–water partition coefficient (Wildman–Crippen LogP) is 5.64. The van der Waals surface area contributed by atoms with Gasteiger partial charge < -0.3 is 20.2 Å². The first-order chi connectivity index (χ1) is 12.8. The molecule has 2 aromatic heterocycles. The highest BCUT2D eigenvalue weighted by Gasteiger charge is 2.30. The predicted molar refractivity (Wildman–Crippen MR) is 107 cm³/mol. The summed E-state index contributed by atoms with van der Waals surface area (Å²) in [4.78, 5) is 3.30. The summed E-state index contributed by atoms with van der Waals surface area (Å²) in [5.74, 6) is 2.59. The first-order valence-corrected chi connectivity index (χ1v) is 9.14. The van der Waals surface area contributed by atoms with Crippen LogP contribution in [0.15, 0.2) is 34.7 Å². The zero-order chi connectivity index (χ0) is 19.6. The Kier molecular flexibility index (Phi) is 5.06. The molecule has 27 heavy (non-hydrogen) atoms. The molecule has 0 aliphatic heterocycles. The quantitative estimate of drug-likeness (QED) is 0.390. The molecule has 0 fully saturated rings. The van der Waals surface area contributed by atoms with E-state index in [1.165, 1.54) is 0 Å². The summed E-state index contributed by atoms with van der Waals surface area (Å²) < 4.78 is 14.5. The zero-order valence-electron chi connectivity index (χ0n) is 15.6. The van der Waals surface area contributed by atoms with Gasteiger partial charge in [0.25, 0.3) is 0 Å². The molecule has 140 valence electrons. The second kappa shape index (κ2) is 7.29. The van der Waals surface area contributed by atoms with E-state index in [2.05, 4.69) is 45.0 Å². The number of nitrogens with zero attached hydrogens (tertiary/aromatic N) is 3. The molecule has 0 saturated carbocycles. The number of rotatable bonds is 5. The molecule has 0 spiro atoms. The van der Waals surface area contributed by atoms with Crippen molar-refractivity contribution in [1.29, 1.82) is 0 Å². The fourth-order valence-corrected chi connectivity index (χ4v) is 3.15. The number of aryl methyl sites for hydroxylation is 1. The van der Waals surface area contributed by atoms with Crippen LogP contribution >= 0.6 is 11.7 Å². The summed E-state index contributed by atoms with van der Waals surface area (Å²) in [5.41, 5.74) is 0.439. The fraction of sp³-hybridized carbons (Fsp3) is 0.316. The summed E-state index contributed by atoms with van der Waals surface area (Å²) in [5, 5.41) is 16.7. The molecule has 1 atom stereocenters. The summed E-state index contributed by atoms with van der Waals surface area (Å²) in [6.07, 6.45) is 0. The van der Waals surface area contributed by atoms with Gasteiger partial charge in [-0.2, -0.15) is 8.75 Å². The molecular weight excluding hydrogens is 362 g/mol. The van der Waals surface area contributed by atoms with Gasteiger partial charge >= 0.3 is 0 Å². The molecule has 3 rings (SSSR count). The maximum absolute atomic E-state index is 10.2. The van der Waals surface area contributed by atoms with Crippen LogP contribution in [0.2, 0.25) is 0 Å². The lowest BCUT2D eigenvalue weighted by atomic mass is 9.85. The van der Waals surface area contributed by atoms with Crippen molar-refractivity contribution >= 4 is 34.7 Å². The van der Waals surface area contributed by atoms with Gasteiger partial charge in [0.2, 0.25) is 5.69 Å². The van der Waals surface area contributed by atoms with Crippen molar-refractivity contribution in [3.63, 3.8) is 0 Å². The highest BCUT2D eigenvalue weighted by Crippen LogP contribution is 2.40. The highest BCUT2D eigenvalue weighted by atomic mass is 32.1. The SMILES string of the molecule is [C-]#[N+]c1cccc(Nc2nsnc2N[C@@H](c2ccc(C)o2)C(C)(C)C)c1O. The van der Waals surface area contributed by atoms with Crippen LogP contribution in [0.4, 0.5) is 23.0 Å². The number of anilines is 3. The summed E-state index contributed by atoms with van der Waals surface area (Å²) >= 11 is 1.06. The third kappa shape index (κ3) is 4.04. The Balaban J connectivity index is 1.89. The van der Waals surface area contributed by atoms with E-state index >= 15 is 0 Å². The van der Waals surface area contributed by atoms with E-state index in [1.54, 1.807) is 18.2 Å². The lowest BCUT2D eigenvalue weighted by molar-refractivity contribution is 0.300. The van der Waals surface area contributed by atoms with Crippen molar-refractivity contribution < 1.29 is 9.52 Å². The minimum absolute atomic E-state index is 0.111. The van der Waals surface area contributed by atoms with E-state index in [1.807, 2.05) is 19.1 Å². The normalized spacial score (nSPS) is 12.4. The number of hydrogen-bond donors (Lipinski definition) is 3. The first-order valence-electron chi connectivity index (χ1n) is 8.41. The van der Waals surface area contributed by atoms with Crippen molar-refractivity contribution in [1.82, 2.24) is 8.75 Å². The Bertz CT molecular complexity index is 981. The van der Waals surface area contributed by atoms with E-state index in [0.717, 1.165) is 23.2 Å². The minimum atomic E-state index is -0.142. The second-order valence-corrected chi connectivity index (χ2v) is 7.79. The van der Waals surface area contributed by atoms with Gasteiger partial charge in [0.1, 0.15) is 17.3 Å². The number of benzene rings is 1. The van der Waals surface area contributed by atoms with Gasteiger partial charge in [-0.05, 0) is 30.5 Å². The maximum atomic E-state index is 10.2. The van der Waals surface area contributed by atoms with Crippen LogP contribution in [0, 0.1) is 18.9 Å². The molecule has 0 unspecified atom stereocenters. The largest absolute Gasteiger partial charge is 0.517 e. The Morgan fingerprint density at radius 1 is 1.19 bits per heavy atom. The molecule has 3 N–H and O–H groups in total. The lowest BCUT2D eigenvalue weighted by Crippen LogP contribution is -2.25. The van der Waals surface area contributed by atoms with Crippen molar-refractivity contribution in [3.05, 3.63) is 53.3 Å². The van der Waals surface area contributed by atoms with E-state index in [0.29, 0.717) is 17.3 Å². The average Bonchev–Trinajstić information content (AvgIpc) is 3.22. The molecule has 0 radical (unpaired) electrons. The molecule has 7 nitrogen and oxygen atoms in total. The molecule has 1 aromatic carbocycles. The summed E-state index contributed by atoms with van der Waals surface area (Å²) in [6.45, 7) is 15.4. The molecular formula is C19H21N5O2S. The van der Waals surface area contributed by atoms with Crippen LogP contribution in [0.1, 0.15) is 38.3 Å². The third-order valence-corrected chi connectivity index (χ3v) is 4.60. The number of hydrogen-bond acceptors (Lipinski definition) is 7. The monoisotopic (exact) mass is 383 g/mol. The molecule has 0 saturated heterocycles. The molecule has 0 aliphatic carbocycles. The number of para-hydroxylation sites is 1. The fourth-order valence-electron chi connectivity index (χ4n) is 2.67. The Morgan fingerprint density at radius 2 is 1.93 bits per heavy atom. The van der Waals surface area contributed by atoms with Crippen LogP contribution in [-0.2, 0) is 0 Å². The van der Waals surface area contributed by atoms with Crippen molar-refractivity contribution in [2.24, 2.45) is 5.41 Å². The van der Waals surface area contributed by atoms with Crippen LogP contribution in [0.25, 0.3) is 4.85 Å². The number of furan rings is 1. The molecule has 0 bridgehead atoms. The number of phenolic OH excluding ortho intramolecular Hbond substituents is 1. The second-order valence-electron chi connectivity index (χ2n) is 7.26. The van der Waals surface area contributed by atoms with Gasteiger partial charge in [-0.3, -0.25) is 0 Å². The van der Waals surface area contributed by atoms with Crippen molar-refractivity contribution in [2.45, 2.75) is 33.7 Å². The van der Waals surface area contributed by atoms with Crippen LogP contribution in [-0.4, -0.2) is 13.9 Å². The molecule has 2 heterocycles. The van der Waals surface area contributed by atoms with Gasteiger partial charge in [-0.15, -0.1) is 0 Å². The number of aromatic hydroxyl groups is 1. The van der Waals surface area contributed by atoms with E-state index in [-0.39, 0.29) is 22.9 Å². The van der Waals surface area contributed by atoms with Gasteiger partial charge in [0.05, 0.1) is 30.0 Å². The van der Waals surface area contributed by atoms with Gasteiger partial charge in [0, 0.05) is 0 Å². The molecule has 8 heteroatoms. The zero-order valence-corrected chi connectivity index (χ0v) is 16.4. The standard InChI is InChI=1S/C19H21N5O2S/c1-11-9-10-14(26-11)16(19(2,3)4)22-18-17(23-27-24-18)21-13-8-6-7-12(20-5)15(13)25/h6-10,16,25H,1-4H3,(H,21,23)(H,22,24)/t16-/m0/s1.